The van der Waals surface area contributed by atoms with Crippen LogP contribution in [-0.2, 0) is 17.9 Å². The Labute approximate surface area is 248 Å². The Morgan fingerprint density at radius 3 is 2.40 bits per heavy atom. The number of amides is 2. The number of halogens is 1. The molecule has 1 aliphatic rings. The molecule has 1 aliphatic heterocycles. The van der Waals surface area contributed by atoms with E-state index in [2.05, 4.69) is 22.6 Å². The van der Waals surface area contributed by atoms with Crippen molar-refractivity contribution in [1.82, 2.24) is 4.90 Å². The summed E-state index contributed by atoms with van der Waals surface area (Å²) in [6.45, 7) is 2.65. The summed E-state index contributed by atoms with van der Waals surface area (Å²) in [5, 5.41) is 12.7. The highest BCUT2D eigenvalue weighted by molar-refractivity contribution is 14.1. The third-order valence-corrected chi connectivity index (χ3v) is 7.90. The Morgan fingerprint density at radius 1 is 0.950 bits per heavy atom. The summed E-state index contributed by atoms with van der Waals surface area (Å²) in [4.78, 5) is 38.0. The van der Waals surface area contributed by atoms with Gasteiger partial charge in [0.05, 0.1) is 26.6 Å². The van der Waals surface area contributed by atoms with E-state index < -0.39 is 4.92 Å². The number of nitrogens with zero attached hydrogens (tertiary/aromatic N) is 2. The van der Waals surface area contributed by atoms with Gasteiger partial charge >= 0.3 is 0 Å². The Bertz CT molecular complexity index is 1650. The molecule has 0 aliphatic carbocycles. The van der Waals surface area contributed by atoms with Crippen molar-refractivity contribution in [2.24, 2.45) is 0 Å². The summed E-state index contributed by atoms with van der Waals surface area (Å²) in [6.07, 6.45) is 1.69. The van der Waals surface area contributed by atoms with Crippen molar-refractivity contribution >= 4 is 68.0 Å². The SMILES string of the molecule is CCOc1cc(/C=C2\SC(=O)N(Cc3ccc4ccccc4c3)C2=O)cc(I)c1OCc1ccc([N+](=O)[O-])cc1. The Balaban J connectivity index is 1.34. The van der Waals surface area contributed by atoms with Gasteiger partial charge in [-0.1, -0.05) is 36.4 Å². The number of benzene rings is 4. The van der Waals surface area contributed by atoms with Gasteiger partial charge in [-0.15, -0.1) is 0 Å². The number of fused-ring (bicyclic) bond motifs is 1. The highest BCUT2D eigenvalue weighted by atomic mass is 127. The first-order valence-corrected chi connectivity index (χ1v) is 14.3. The number of carbonyl (C=O) groups is 2. The molecule has 40 heavy (non-hydrogen) atoms. The van der Waals surface area contributed by atoms with Crippen molar-refractivity contribution in [1.29, 1.82) is 0 Å². The maximum atomic E-state index is 13.2. The maximum Gasteiger partial charge on any atom is 0.293 e. The third-order valence-electron chi connectivity index (χ3n) is 6.19. The van der Waals surface area contributed by atoms with E-state index in [-0.39, 0.29) is 30.0 Å². The summed E-state index contributed by atoms with van der Waals surface area (Å²) < 4.78 is 12.6. The van der Waals surface area contributed by atoms with Gasteiger partial charge in [-0.05, 0) is 105 Å². The first-order valence-electron chi connectivity index (χ1n) is 12.4. The number of rotatable bonds is 9. The van der Waals surface area contributed by atoms with E-state index in [0.717, 1.165) is 37.2 Å². The molecule has 10 heteroatoms. The van der Waals surface area contributed by atoms with Gasteiger partial charge in [0.25, 0.3) is 16.8 Å². The fraction of sp³-hybridized carbons (Fsp3) is 0.133. The molecule has 0 radical (unpaired) electrons. The van der Waals surface area contributed by atoms with Gasteiger partial charge in [-0.2, -0.15) is 0 Å². The van der Waals surface area contributed by atoms with E-state index in [1.165, 1.54) is 17.0 Å². The van der Waals surface area contributed by atoms with E-state index in [1.807, 2.05) is 55.5 Å². The van der Waals surface area contributed by atoms with Gasteiger partial charge in [-0.25, -0.2) is 0 Å². The molecule has 2 amide bonds. The van der Waals surface area contributed by atoms with Crippen LogP contribution in [0.3, 0.4) is 0 Å². The second-order valence-electron chi connectivity index (χ2n) is 8.92. The minimum atomic E-state index is -0.447. The van der Waals surface area contributed by atoms with Crippen molar-refractivity contribution in [3.8, 4) is 11.5 Å². The van der Waals surface area contributed by atoms with Crippen LogP contribution in [0.1, 0.15) is 23.6 Å². The lowest BCUT2D eigenvalue weighted by atomic mass is 10.1. The van der Waals surface area contributed by atoms with Crippen LogP contribution in [0.5, 0.6) is 11.5 Å². The zero-order chi connectivity index (χ0) is 28.2. The van der Waals surface area contributed by atoms with Crippen molar-refractivity contribution in [2.75, 3.05) is 6.61 Å². The quantitative estimate of drug-likeness (QED) is 0.0787. The smallest absolute Gasteiger partial charge is 0.293 e. The average Bonchev–Trinajstić information content (AvgIpc) is 3.20. The molecule has 0 atom stereocenters. The summed E-state index contributed by atoms with van der Waals surface area (Å²) in [5.41, 5.74) is 2.36. The van der Waals surface area contributed by atoms with Crippen LogP contribution in [0.4, 0.5) is 10.5 Å². The monoisotopic (exact) mass is 666 g/mol. The van der Waals surface area contributed by atoms with E-state index in [4.69, 9.17) is 9.47 Å². The maximum absolute atomic E-state index is 13.2. The fourth-order valence-corrected chi connectivity index (χ4v) is 5.87. The number of non-ortho nitro benzene ring substituents is 1. The van der Waals surface area contributed by atoms with Crippen LogP contribution in [0.25, 0.3) is 16.8 Å². The zero-order valence-electron chi connectivity index (χ0n) is 21.3. The summed E-state index contributed by atoms with van der Waals surface area (Å²) in [7, 11) is 0. The van der Waals surface area contributed by atoms with Crippen LogP contribution in [0, 0.1) is 13.7 Å². The molecule has 0 aromatic heterocycles. The lowest BCUT2D eigenvalue weighted by molar-refractivity contribution is -0.384. The molecular formula is C30H23IN2O6S. The van der Waals surface area contributed by atoms with Crippen LogP contribution in [0.15, 0.2) is 83.8 Å². The number of ether oxygens (including phenoxy) is 2. The molecule has 5 rings (SSSR count). The molecule has 0 spiro atoms. The molecule has 0 N–H and O–H groups in total. The molecule has 1 saturated heterocycles. The van der Waals surface area contributed by atoms with Crippen LogP contribution in [0.2, 0.25) is 0 Å². The summed E-state index contributed by atoms with van der Waals surface area (Å²) in [5.74, 6) is 0.690. The Hall–Kier alpha value is -3.90. The van der Waals surface area contributed by atoms with Gasteiger partial charge in [0.1, 0.15) is 6.61 Å². The molecule has 4 aromatic rings. The highest BCUT2D eigenvalue weighted by Crippen LogP contribution is 2.38. The minimum Gasteiger partial charge on any atom is -0.490 e. The number of thioether (sulfide) groups is 1. The molecule has 8 nitrogen and oxygen atoms in total. The number of imide groups is 1. The van der Waals surface area contributed by atoms with Gasteiger partial charge in [0.15, 0.2) is 11.5 Å². The molecule has 0 saturated carbocycles. The number of hydrogen-bond acceptors (Lipinski definition) is 7. The zero-order valence-corrected chi connectivity index (χ0v) is 24.3. The van der Waals surface area contributed by atoms with Crippen LogP contribution >= 0.6 is 34.4 Å². The number of nitro groups is 1. The fourth-order valence-electron chi connectivity index (χ4n) is 4.25. The largest absolute Gasteiger partial charge is 0.490 e. The number of hydrogen-bond donors (Lipinski definition) is 0. The molecule has 1 heterocycles. The molecule has 1 fully saturated rings. The topological polar surface area (TPSA) is 99.0 Å². The molecule has 0 unspecified atom stereocenters. The lowest BCUT2D eigenvalue weighted by Crippen LogP contribution is -2.27. The Morgan fingerprint density at radius 2 is 1.68 bits per heavy atom. The second-order valence-corrected chi connectivity index (χ2v) is 11.1. The standard InChI is InChI=1S/C30H23IN2O6S/c1-2-38-26-15-21(14-25(31)28(26)39-18-19-8-11-24(12-9-19)33(36)37)16-27-29(34)32(30(35)40-27)17-20-7-10-22-5-3-4-6-23(22)13-20/h3-16H,2,17-18H2,1H3/b27-16-. The van der Waals surface area contributed by atoms with Crippen LogP contribution in [-0.4, -0.2) is 27.6 Å². The first kappa shape index (κ1) is 27.7. The molecule has 4 aromatic carbocycles. The number of nitro benzene ring substituents is 1. The van der Waals surface area contributed by atoms with Gasteiger partial charge in [-0.3, -0.25) is 24.6 Å². The van der Waals surface area contributed by atoms with Gasteiger partial charge < -0.3 is 9.47 Å². The number of carbonyl (C=O) groups excluding carboxylic acids is 2. The van der Waals surface area contributed by atoms with E-state index in [0.29, 0.717) is 28.6 Å². The third kappa shape index (κ3) is 6.13. The highest BCUT2D eigenvalue weighted by Gasteiger charge is 2.35. The summed E-state index contributed by atoms with van der Waals surface area (Å²) >= 11 is 3.05. The van der Waals surface area contributed by atoms with Crippen molar-refractivity contribution in [3.63, 3.8) is 0 Å². The average molecular weight is 666 g/mol. The second kappa shape index (κ2) is 12.1. The molecule has 0 bridgehead atoms. The van der Waals surface area contributed by atoms with Gasteiger partial charge in [0, 0.05) is 12.1 Å². The van der Waals surface area contributed by atoms with E-state index in [1.54, 1.807) is 24.3 Å². The van der Waals surface area contributed by atoms with E-state index in [9.17, 15) is 19.7 Å². The lowest BCUT2D eigenvalue weighted by Gasteiger charge is -2.15. The minimum absolute atomic E-state index is 0.0133. The first-order chi connectivity index (χ1) is 19.3. The Kier molecular flexibility index (Phi) is 8.36. The molecular weight excluding hydrogens is 643 g/mol. The molecule has 202 valence electrons. The predicted molar refractivity (Wildman–Crippen MR) is 163 cm³/mol. The van der Waals surface area contributed by atoms with Crippen LogP contribution < -0.4 is 9.47 Å². The van der Waals surface area contributed by atoms with E-state index >= 15 is 0 Å². The summed E-state index contributed by atoms with van der Waals surface area (Å²) in [6, 6.07) is 23.7. The van der Waals surface area contributed by atoms with Crippen molar-refractivity contribution in [2.45, 2.75) is 20.1 Å². The normalized spacial score (nSPS) is 14.2. The van der Waals surface area contributed by atoms with Crippen molar-refractivity contribution in [3.05, 3.63) is 114 Å². The predicted octanol–water partition coefficient (Wildman–Crippen LogP) is 7.57. The van der Waals surface area contributed by atoms with Gasteiger partial charge in [0.2, 0.25) is 0 Å². The van der Waals surface area contributed by atoms with Crippen molar-refractivity contribution < 1.29 is 24.0 Å².